The van der Waals surface area contributed by atoms with E-state index < -0.39 is 0 Å². The molecule has 0 bridgehead atoms. The van der Waals surface area contributed by atoms with Crippen molar-refractivity contribution in [3.05, 3.63) is 29.8 Å². The zero-order chi connectivity index (χ0) is 13.9. The lowest BCUT2D eigenvalue weighted by Crippen LogP contribution is -1.97. The zero-order valence-corrected chi connectivity index (χ0v) is 12.3. The van der Waals surface area contributed by atoms with Gasteiger partial charge in [-0.25, -0.2) is 0 Å². The number of unbranched alkanes of at least 4 members (excludes halogenated alkanes) is 7. The number of aliphatic hydroxyl groups is 1. The SMILES string of the molecule is CCCCCCCCCCC(O)c1ccc(N)cc1. The van der Waals surface area contributed by atoms with Crippen molar-refractivity contribution in [1.29, 1.82) is 0 Å². The van der Waals surface area contributed by atoms with Crippen LogP contribution in [0.15, 0.2) is 24.3 Å². The van der Waals surface area contributed by atoms with E-state index in [4.69, 9.17) is 5.73 Å². The van der Waals surface area contributed by atoms with Crippen LogP contribution in [0.2, 0.25) is 0 Å². The van der Waals surface area contributed by atoms with Crippen LogP contribution in [-0.2, 0) is 0 Å². The summed E-state index contributed by atoms with van der Waals surface area (Å²) in [6, 6.07) is 7.55. The van der Waals surface area contributed by atoms with E-state index in [1.165, 1.54) is 44.9 Å². The Bertz CT molecular complexity index is 321. The number of nitrogen functional groups attached to an aromatic ring is 1. The molecule has 0 fully saturated rings. The molecule has 0 aromatic heterocycles. The number of hydrogen-bond acceptors (Lipinski definition) is 2. The van der Waals surface area contributed by atoms with Gasteiger partial charge < -0.3 is 10.8 Å². The van der Waals surface area contributed by atoms with Crippen LogP contribution in [0.1, 0.15) is 76.4 Å². The summed E-state index contributed by atoms with van der Waals surface area (Å²) in [5.74, 6) is 0. The van der Waals surface area contributed by atoms with Gasteiger partial charge in [-0.05, 0) is 24.1 Å². The zero-order valence-electron chi connectivity index (χ0n) is 12.3. The van der Waals surface area contributed by atoms with E-state index in [2.05, 4.69) is 6.92 Å². The largest absolute Gasteiger partial charge is 0.399 e. The fraction of sp³-hybridized carbons (Fsp3) is 0.647. The predicted molar refractivity (Wildman–Crippen MR) is 83.0 cm³/mol. The molecule has 1 atom stereocenters. The van der Waals surface area contributed by atoms with Crippen LogP contribution in [0.4, 0.5) is 5.69 Å². The van der Waals surface area contributed by atoms with E-state index in [9.17, 15) is 5.11 Å². The van der Waals surface area contributed by atoms with E-state index in [-0.39, 0.29) is 6.10 Å². The highest BCUT2D eigenvalue weighted by Crippen LogP contribution is 2.21. The Balaban J connectivity index is 2.04. The molecule has 0 saturated carbocycles. The third kappa shape index (κ3) is 7.22. The lowest BCUT2D eigenvalue weighted by molar-refractivity contribution is 0.163. The second-order valence-electron chi connectivity index (χ2n) is 5.45. The molecule has 1 unspecified atom stereocenters. The molecule has 0 aliphatic carbocycles. The van der Waals surface area contributed by atoms with Gasteiger partial charge in [-0.2, -0.15) is 0 Å². The highest BCUT2D eigenvalue weighted by molar-refractivity contribution is 5.39. The molecule has 1 aromatic carbocycles. The van der Waals surface area contributed by atoms with Gasteiger partial charge in [-0.15, -0.1) is 0 Å². The molecule has 0 heterocycles. The minimum absolute atomic E-state index is 0.333. The number of hydrogen-bond donors (Lipinski definition) is 2. The average molecular weight is 263 g/mol. The monoisotopic (exact) mass is 263 g/mol. The van der Waals surface area contributed by atoms with Gasteiger partial charge in [0.05, 0.1) is 6.10 Å². The predicted octanol–water partition coefficient (Wildman–Crippen LogP) is 4.83. The van der Waals surface area contributed by atoms with Crippen molar-refractivity contribution in [2.75, 3.05) is 5.73 Å². The van der Waals surface area contributed by atoms with Crippen LogP contribution in [0, 0.1) is 0 Å². The molecular formula is C17H29NO. The molecule has 3 N–H and O–H groups in total. The van der Waals surface area contributed by atoms with E-state index in [0.717, 1.165) is 24.1 Å². The second-order valence-corrected chi connectivity index (χ2v) is 5.45. The molecular weight excluding hydrogens is 234 g/mol. The molecule has 2 heteroatoms. The summed E-state index contributed by atoms with van der Waals surface area (Å²) in [5, 5.41) is 10.0. The maximum atomic E-state index is 10.0. The summed E-state index contributed by atoms with van der Waals surface area (Å²) >= 11 is 0. The van der Waals surface area contributed by atoms with Crippen molar-refractivity contribution >= 4 is 5.69 Å². The normalized spacial score (nSPS) is 12.5. The molecule has 0 aliphatic heterocycles. The Morgan fingerprint density at radius 2 is 1.42 bits per heavy atom. The van der Waals surface area contributed by atoms with Gasteiger partial charge in [0, 0.05) is 5.69 Å². The van der Waals surface area contributed by atoms with Crippen molar-refractivity contribution in [3.8, 4) is 0 Å². The number of anilines is 1. The van der Waals surface area contributed by atoms with Crippen molar-refractivity contribution < 1.29 is 5.11 Å². The topological polar surface area (TPSA) is 46.2 Å². The first-order valence-electron chi connectivity index (χ1n) is 7.77. The van der Waals surface area contributed by atoms with Crippen LogP contribution < -0.4 is 5.73 Å². The summed E-state index contributed by atoms with van der Waals surface area (Å²) in [6.07, 6.45) is 11.0. The minimum Gasteiger partial charge on any atom is -0.399 e. The number of nitrogens with two attached hydrogens (primary N) is 1. The van der Waals surface area contributed by atoms with E-state index >= 15 is 0 Å². The van der Waals surface area contributed by atoms with Crippen molar-refractivity contribution in [2.45, 2.75) is 70.8 Å². The summed E-state index contributed by atoms with van der Waals surface area (Å²) in [4.78, 5) is 0. The third-order valence-electron chi connectivity index (χ3n) is 3.65. The molecule has 1 aromatic rings. The fourth-order valence-electron chi connectivity index (χ4n) is 2.36. The average Bonchev–Trinajstić information content (AvgIpc) is 2.42. The quantitative estimate of drug-likeness (QED) is 0.469. The lowest BCUT2D eigenvalue weighted by atomic mass is 10.0. The Hall–Kier alpha value is -1.02. The molecule has 0 aliphatic rings. The molecule has 0 spiro atoms. The summed E-state index contributed by atoms with van der Waals surface area (Å²) < 4.78 is 0. The fourth-order valence-corrected chi connectivity index (χ4v) is 2.36. The summed E-state index contributed by atoms with van der Waals surface area (Å²) in [5.41, 5.74) is 7.37. The van der Waals surface area contributed by atoms with Crippen molar-refractivity contribution in [3.63, 3.8) is 0 Å². The van der Waals surface area contributed by atoms with Crippen molar-refractivity contribution in [2.24, 2.45) is 0 Å². The van der Waals surface area contributed by atoms with Crippen molar-refractivity contribution in [1.82, 2.24) is 0 Å². The number of rotatable bonds is 10. The minimum atomic E-state index is -0.333. The van der Waals surface area contributed by atoms with Crippen LogP contribution >= 0.6 is 0 Å². The maximum absolute atomic E-state index is 10.0. The lowest BCUT2D eigenvalue weighted by Gasteiger charge is -2.11. The van der Waals surface area contributed by atoms with Crippen LogP contribution in [-0.4, -0.2) is 5.11 Å². The molecule has 19 heavy (non-hydrogen) atoms. The Labute approximate surface area is 118 Å². The molecule has 0 amide bonds. The van der Waals surface area contributed by atoms with Gasteiger partial charge >= 0.3 is 0 Å². The number of aliphatic hydroxyl groups excluding tert-OH is 1. The third-order valence-corrected chi connectivity index (χ3v) is 3.65. The van der Waals surface area contributed by atoms with Gasteiger partial charge in [-0.1, -0.05) is 70.4 Å². The first kappa shape index (κ1) is 16.0. The first-order valence-corrected chi connectivity index (χ1v) is 7.77. The van der Waals surface area contributed by atoms with Gasteiger partial charge in [0.15, 0.2) is 0 Å². The Morgan fingerprint density at radius 1 is 0.895 bits per heavy atom. The highest BCUT2D eigenvalue weighted by atomic mass is 16.3. The Morgan fingerprint density at radius 3 is 2.00 bits per heavy atom. The molecule has 2 nitrogen and oxygen atoms in total. The van der Waals surface area contributed by atoms with Crippen LogP contribution in [0.3, 0.4) is 0 Å². The van der Waals surface area contributed by atoms with E-state index in [0.29, 0.717) is 0 Å². The van der Waals surface area contributed by atoms with Gasteiger partial charge in [0.1, 0.15) is 0 Å². The molecule has 0 radical (unpaired) electrons. The van der Waals surface area contributed by atoms with Gasteiger partial charge in [-0.3, -0.25) is 0 Å². The summed E-state index contributed by atoms with van der Waals surface area (Å²) in [7, 11) is 0. The van der Waals surface area contributed by atoms with E-state index in [1.54, 1.807) is 0 Å². The van der Waals surface area contributed by atoms with E-state index in [1.807, 2.05) is 24.3 Å². The standard InChI is InChI=1S/C17H29NO/c1-2-3-4-5-6-7-8-9-10-17(19)15-11-13-16(18)14-12-15/h11-14,17,19H,2-10,18H2,1H3. The smallest absolute Gasteiger partial charge is 0.0790 e. The van der Waals surface area contributed by atoms with Gasteiger partial charge in [0.25, 0.3) is 0 Å². The second kappa shape index (κ2) is 9.85. The molecule has 1 rings (SSSR count). The molecule has 0 saturated heterocycles. The summed E-state index contributed by atoms with van der Waals surface area (Å²) in [6.45, 7) is 2.25. The highest BCUT2D eigenvalue weighted by Gasteiger charge is 2.06. The maximum Gasteiger partial charge on any atom is 0.0790 e. The molecule has 108 valence electrons. The van der Waals surface area contributed by atoms with Crippen LogP contribution in [0.25, 0.3) is 0 Å². The van der Waals surface area contributed by atoms with Gasteiger partial charge in [0.2, 0.25) is 0 Å². The Kier molecular flexibility index (Phi) is 8.31. The number of benzene rings is 1. The first-order chi connectivity index (χ1) is 9.24. The van der Waals surface area contributed by atoms with Crippen LogP contribution in [0.5, 0.6) is 0 Å².